The van der Waals surface area contributed by atoms with Crippen LogP contribution in [0.2, 0.25) is 0 Å². The molecule has 2 heterocycles. The van der Waals surface area contributed by atoms with Gasteiger partial charge in [-0.2, -0.15) is 0 Å². The van der Waals surface area contributed by atoms with Gasteiger partial charge in [0.25, 0.3) is 5.91 Å². The van der Waals surface area contributed by atoms with Crippen molar-refractivity contribution in [2.75, 3.05) is 0 Å². The van der Waals surface area contributed by atoms with Crippen molar-refractivity contribution in [1.29, 1.82) is 0 Å². The lowest BCUT2D eigenvalue weighted by Gasteiger charge is -2.17. The van der Waals surface area contributed by atoms with Crippen LogP contribution in [-0.2, 0) is 16.6 Å². The van der Waals surface area contributed by atoms with Crippen molar-refractivity contribution in [2.24, 2.45) is 5.92 Å². The second kappa shape index (κ2) is 6.03. The number of hydrogen-bond donors (Lipinski definition) is 2. The molecule has 128 valence electrons. The van der Waals surface area contributed by atoms with Crippen molar-refractivity contribution in [1.82, 2.24) is 19.6 Å². The lowest BCUT2D eigenvalue weighted by molar-refractivity contribution is 0.0924. The van der Waals surface area contributed by atoms with Gasteiger partial charge in [-0.1, -0.05) is 26.0 Å². The molecule has 2 aromatic rings. The number of aromatic nitrogens is 2. The van der Waals surface area contributed by atoms with Crippen LogP contribution in [0.4, 0.5) is 0 Å². The first kappa shape index (κ1) is 16.7. The fourth-order valence-corrected chi connectivity index (χ4v) is 3.69. The molecule has 7 nitrogen and oxygen atoms in total. The van der Waals surface area contributed by atoms with Crippen LogP contribution in [0, 0.1) is 5.92 Å². The summed E-state index contributed by atoms with van der Waals surface area (Å²) in [5.74, 6) is -0.0158. The molecule has 1 aliphatic heterocycles. The minimum Gasteiger partial charge on any atom is -0.348 e. The Kier molecular flexibility index (Phi) is 4.18. The topological polar surface area (TPSA) is 93.1 Å². The summed E-state index contributed by atoms with van der Waals surface area (Å²) in [6, 6.07) is 6.64. The molecule has 0 saturated carbocycles. The van der Waals surface area contributed by atoms with Gasteiger partial charge in [-0.05, 0) is 25.0 Å². The molecule has 0 fully saturated rings. The van der Waals surface area contributed by atoms with E-state index < -0.39 is 10.0 Å². The number of nitrogens with one attached hydrogen (secondary N) is 2. The Labute approximate surface area is 141 Å². The molecule has 1 aromatic heterocycles. The first-order chi connectivity index (χ1) is 11.3. The number of amides is 1. The van der Waals surface area contributed by atoms with Gasteiger partial charge in [0, 0.05) is 6.04 Å². The number of para-hydroxylation sites is 1. The minimum atomic E-state index is -3.63. The van der Waals surface area contributed by atoms with Crippen molar-refractivity contribution in [3.63, 3.8) is 0 Å². The lowest BCUT2D eigenvalue weighted by atomic mass is 10.1. The fourth-order valence-electron chi connectivity index (χ4n) is 2.51. The molecular formula is C16H20N4O3S. The molecule has 0 unspecified atom stereocenters. The van der Waals surface area contributed by atoms with Crippen molar-refractivity contribution in [3.05, 3.63) is 42.0 Å². The summed E-state index contributed by atoms with van der Waals surface area (Å²) < 4.78 is 28.9. The lowest BCUT2D eigenvalue weighted by Crippen LogP contribution is -2.37. The van der Waals surface area contributed by atoms with Crippen LogP contribution < -0.4 is 10.0 Å². The maximum absolute atomic E-state index is 12.5. The molecule has 1 amide bonds. The number of carbonyl (C=O) groups excluding carboxylic acids is 1. The Morgan fingerprint density at radius 3 is 2.71 bits per heavy atom. The summed E-state index contributed by atoms with van der Waals surface area (Å²) >= 11 is 0. The maximum Gasteiger partial charge on any atom is 0.272 e. The van der Waals surface area contributed by atoms with E-state index in [2.05, 4.69) is 15.0 Å². The van der Waals surface area contributed by atoms with Gasteiger partial charge in [0.05, 0.1) is 17.9 Å². The SMILES string of the molecule is CC(C)[C@@H](C)NC(=O)c1ncn2c1CNS(=O)(=O)c1ccccc1-2. The smallest absolute Gasteiger partial charge is 0.272 e. The van der Waals surface area contributed by atoms with Crippen LogP contribution in [0.25, 0.3) is 5.69 Å². The van der Waals surface area contributed by atoms with Crippen LogP contribution in [-0.4, -0.2) is 29.9 Å². The number of nitrogens with zero attached hydrogens (tertiary/aromatic N) is 2. The molecule has 2 N–H and O–H groups in total. The molecular weight excluding hydrogens is 328 g/mol. The van der Waals surface area contributed by atoms with Gasteiger partial charge in [0.2, 0.25) is 10.0 Å². The van der Waals surface area contributed by atoms with E-state index in [9.17, 15) is 13.2 Å². The molecule has 8 heteroatoms. The monoisotopic (exact) mass is 348 g/mol. The number of hydrogen-bond acceptors (Lipinski definition) is 4. The van der Waals surface area contributed by atoms with Crippen molar-refractivity contribution < 1.29 is 13.2 Å². The number of carbonyl (C=O) groups is 1. The average molecular weight is 348 g/mol. The van der Waals surface area contributed by atoms with Gasteiger partial charge in [0.1, 0.15) is 11.2 Å². The third-order valence-corrected chi connectivity index (χ3v) is 5.73. The third kappa shape index (κ3) is 2.83. The number of fused-ring (bicyclic) bond motifs is 3. The molecule has 0 spiro atoms. The van der Waals surface area contributed by atoms with Crippen molar-refractivity contribution in [3.8, 4) is 5.69 Å². The highest BCUT2D eigenvalue weighted by Gasteiger charge is 2.28. The molecule has 24 heavy (non-hydrogen) atoms. The van der Waals surface area contributed by atoms with Gasteiger partial charge in [-0.25, -0.2) is 18.1 Å². The van der Waals surface area contributed by atoms with Gasteiger partial charge >= 0.3 is 0 Å². The Morgan fingerprint density at radius 1 is 1.29 bits per heavy atom. The highest BCUT2D eigenvalue weighted by Crippen LogP contribution is 2.26. The molecule has 1 atom stereocenters. The van der Waals surface area contributed by atoms with E-state index in [0.717, 1.165) is 0 Å². The number of benzene rings is 1. The van der Waals surface area contributed by atoms with Crippen LogP contribution in [0.3, 0.4) is 0 Å². The van der Waals surface area contributed by atoms with Crippen LogP contribution in [0.1, 0.15) is 37.0 Å². The van der Waals surface area contributed by atoms with Crippen LogP contribution in [0.5, 0.6) is 0 Å². The first-order valence-corrected chi connectivity index (χ1v) is 9.25. The predicted molar refractivity (Wildman–Crippen MR) is 89.4 cm³/mol. The zero-order valence-electron chi connectivity index (χ0n) is 13.8. The van der Waals surface area contributed by atoms with E-state index in [0.29, 0.717) is 11.4 Å². The van der Waals surface area contributed by atoms with Gasteiger partial charge < -0.3 is 5.32 Å². The largest absolute Gasteiger partial charge is 0.348 e. The van der Waals surface area contributed by atoms with E-state index in [1.165, 1.54) is 12.4 Å². The number of imidazole rings is 1. The molecule has 0 radical (unpaired) electrons. The highest BCUT2D eigenvalue weighted by atomic mass is 32.2. The molecule has 0 bridgehead atoms. The normalized spacial score (nSPS) is 16.8. The molecule has 0 aliphatic carbocycles. The first-order valence-electron chi connectivity index (χ1n) is 7.77. The Hall–Kier alpha value is -2.19. The zero-order valence-corrected chi connectivity index (χ0v) is 14.6. The maximum atomic E-state index is 12.5. The van der Waals surface area contributed by atoms with Crippen LogP contribution in [0.15, 0.2) is 35.5 Å². The van der Waals surface area contributed by atoms with E-state index in [4.69, 9.17) is 0 Å². The predicted octanol–water partition coefficient (Wildman–Crippen LogP) is 1.44. The average Bonchev–Trinajstić information content (AvgIpc) is 2.92. The fraction of sp³-hybridized carbons (Fsp3) is 0.375. The van der Waals surface area contributed by atoms with Gasteiger partial charge in [0.15, 0.2) is 5.69 Å². The molecule has 1 aromatic carbocycles. The van der Waals surface area contributed by atoms with E-state index in [1.54, 1.807) is 22.8 Å². The van der Waals surface area contributed by atoms with Crippen molar-refractivity contribution in [2.45, 2.75) is 38.3 Å². The highest BCUT2D eigenvalue weighted by molar-refractivity contribution is 7.89. The summed E-state index contributed by atoms with van der Waals surface area (Å²) in [5, 5.41) is 2.90. The Morgan fingerprint density at radius 2 is 2.00 bits per heavy atom. The number of sulfonamides is 1. The van der Waals surface area contributed by atoms with E-state index in [1.807, 2.05) is 20.8 Å². The molecule has 3 rings (SSSR count). The Bertz CT molecular complexity index is 886. The molecule has 0 saturated heterocycles. The summed E-state index contributed by atoms with van der Waals surface area (Å²) in [5.41, 5.74) is 1.25. The van der Waals surface area contributed by atoms with E-state index >= 15 is 0 Å². The van der Waals surface area contributed by atoms with Crippen LogP contribution >= 0.6 is 0 Å². The summed E-state index contributed by atoms with van der Waals surface area (Å²) in [7, 11) is -3.63. The summed E-state index contributed by atoms with van der Waals surface area (Å²) in [6.07, 6.45) is 1.49. The molecule has 1 aliphatic rings. The minimum absolute atomic E-state index is 0.00962. The quantitative estimate of drug-likeness (QED) is 0.878. The van der Waals surface area contributed by atoms with Crippen molar-refractivity contribution >= 4 is 15.9 Å². The van der Waals surface area contributed by atoms with Gasteiger partial charge in [-0.15, -0.1) is 0 Å². The zero-order chi connectivity index (χ0) is 17.5. The van der Waals surface area contributed by atoms with Gasteiger partial charge in [-0.3, -0.25) is 9.36 Å². The standard InChI is InChI=1S/C16H20N4O3S/c1-10(2)11(3)19-16(21)15-13-8-18-24(22,23)14-7-5-4-6-12(14)20(13)9-17-15/h4-7,9-11,18H,8H2,1-3H3,(H,19,21)/t11-/m1/s1. The summed E-state index contributed by atoms with van der Waals surface area (Å²) in [6.45, 7) is 5.97. The summed E-state index contributed by atoms with van der Waals surface area (Å²) in [4.78, 5) is 16.9. The van der Waals surface area contributed by atoms with E-state index in [-0.39, 0.29) is 35.0 Å². The third-order valence-electron chi connectivity index (χ3n) is 4.28. The second-order valence-electron chi connectivity index (χ2n) is 6.21. The number of rotatable bonds is 3. The Balaban J connectivity index is 2.05. The second-order valence-corrected chi connectivity index (χ2v) is 7.94.